The van der Waals surface area contributed by atoms with Gasteiger partial charge in [0, 0.05) is 67.5 Å². The maximum Gasteiger partial charge on any atom is 0.145 e. The van der Waals surface area contributed by atoms with Crippen LogP contribution in [-0.4, -0.2) is 39.3 Å². The summed E-state index contributed by atoms with van der Waals surface area (Å²) in [5.74, 6) is 0. The summed E-state index contributed by atoms with van der Waals surface area (Å²) in [4.78, 5) is 7.47. The first-order valence-electron chi connectivity index (χ1n) is 15.9. The molecule has 2 aliphatic rings. The molecule has 1 heterocycles. The van der Waals surface area contributed by atoms with E-state index in [0.717, 1.165) is 39.3 Å². The van der Waals surface area contributed by atoms with E-state index in [1.165, 1.54) is 76.1 Å². The molecular weight excluding hydrogens is 490 g/mol. The maximum absolute atomic E-state index is 6.98. The lowest BCUT2D eigenvalue weighted by Gasteiger charge is -2.30. The molecule has 0 unspecified atom stereocenters. The van der Waals surface area contributed by atoms with Gasteiger partial charge in [-0.15, -0.1) is 0 Å². The van der Waals surface area contributed by atoms with Gasteiger partial charge in [0.05, 0.1) is 6.61 Å². The summed E-state index contributed by atoms with van der Waals surface area (Å²) in [7, 11) is 0. The predicted molar refractivity (Wildman–Crippen MR) is 172 cm³/mol. The van der Waals surface area contributed by atoms with Gasteiger partial charge >= 0.3 is 0 Å². The van der Waals surface area contributed by atoms with Crippen LogP contribution in [0.2, 0.25) is 0 Å². The minimum absolute atomic E-state index is 0.542. The molecule has 3 aromatic carbocycles. The third-order valence-corrected chi connectivity index (χ3v) is 9.15. The first-order chi connectivity index (χ1) is 19.6. The van der Waals surface area contributed by atoms with Crippen LogP contribution in [-0.2, 0) is 16.9 Å². The van der Waals surface area contributed by atoms with Crippen LogP contribution in [0.4, 0.5) is 17.1 Å². The van der Waals surface area contributed by atoms with E-state index in [1.54, 1.807) is 0 Å². The number of rotatable bonds is 13. The quantitative estimate of drug-likeness (QED) is 0.216. The summed E-state index contributed by atoms with van der Waals surface area (Å²) in [5.41, 5.74) is 11.2. The van der Waals surface area contributed by atoms with Crippen molar-refractivity contribution in [1.82, 2.24) is 0 Å². The molecule has 0 bridgehead atoms. The zero-order valence-electron chi connectivity index (χ0n) is 25.7. The first kappa shape index (κ1) is 28.5. The highest BCUT2D eigenvalue weighted by atomic mass is 16.5. The SMILES string of the molecule is CCCCN(CCCC)c1ccc2c(c1)COC21c2ccc(N(CC)CC)cc2-c2cc(N(CC)CC)ccc21. The van der Waals surface area contributed by atoms with Crippen LogP contribution < -0.4 is 14.7 Å². The van der Waals surface area contributed by atoms with Gasteiger partial charge in [-0.3, -0.25) is 0 Å². The molecule has 3 aromatic rings. The molecule has 0 fully saturated rings. The highest BCUT2D eigenvalue weighted by molar-refractivity contribution is 5.87. The highest BCUT2D eigenvalue weighted by Crippen LogP contribution is 2.58. The standard InChI is InChI=1S/C36H49N3O/c1-7-13-21-39(22-14-8-2)28-15-18-33-27(23-28)26-40-36(33)34-19-16-29(37(9-3)10-4)24-31(34)32-25-30(17-20-35(32)36)38(11-5)12-6/h15-20,23-25H,7-14,21-22,26H2,1-6H3. The van der Waals surface area contributed by atoms with Gasteiger partial charge in [0.25, 0.3) is 0 Å². The summed E-state index contributed by atoms with van der Waals surface area (Å²) in [6.45, 7) is 20.4. The summed E-state index contributed by atoms with van der Waals surface area (Å²) >= 11 is 0. The molecule has 1 aliphatic heterocycles. The van der Waals surface area contributed by atoms with Gasteiger partial charge in [0.2, 0.25) is 0 Å². The number of anilines is 3. The second-order valence-corrected chi connectivity index (χ2v) is 11.3. The van der Waals surface area contributed by atoms with Crippen molar-refractivity contribution in [2.45, 2.75) is 79.4 Å². The monoisotopic (exact) mass is 539 g/mol. The van der Waals surface area contributed by atoms with Gasteiger partial charge in [-0.25, -0.2) is 0 Å². The molecule has 5 rings (SSSR count). The normalized spacial score (nSPS) is 14.2. The average molecular weight is 540 g/mol. The van der Waals surface area contributed by atoms with Gasteiger partial charge in [-0.1, -0.05) is 44.9 Å². The number of ether oxygens (including phenoxy) is 1. The Morgan fingerprint density at radius 3 is 1.48 bits per heavy atom. The lowest BCUT2D eigenvalue weighted by Crippen LogP contribution is -2.27. The van der Waals surface area contributed by atoms with Crippen LogP contribution in [0.3, 0.4) is 0 Å². The van der Waals surface area contributed by atoms with Crippen LogP contribution in [0, 0.1) is 0 Å². The molecule has 1 aliphatic carbocycles. The first-order valence-corrected chi connectivity index (χ1v) is 15.9. The molecule has 40 heavy (non-hydrogen) atoms. The lowest BCUT2D eigenvalue weighted by atomic mass is 9.83. The van der Waals surface area contributed by atoms with E-state index in [9.17, 15) is 0 Å². The number of unbranched alkanes of at least 4 members (excludes halogenated alkanes) is 2. The molecular formula is C36H49N3O. The van der Waals surface area contributed by atoms with E-state index in [4.69, 9.17) is 4.74 Å². The molecule has 4 nitrogen and oxygen atoms in total. The van der Waals surface area contributed by atoms with Crippen molar-refractivity contribution >= 4 is 17.1 Å². The van der Waals surface area contributed by atoms with E-state index in [-0.39, 0.29) is 0 Å². The fraction of sp³-hybridized carbons (Fsp3) is 0.500. The van der Waals surface area contributed by atoms with Crippen molar-refractivity contribution in [2.24, 2.45) is 0 Å². The van der Waals surface area contributed by atoms with Gasteiger partial charge in [-0.2, -0.15) is 0 Å². The largest absolute Gasteiger partial charge is 0.372 e. The lowest BCUT2D eigenvalue weighted by molar-refractivity contribution is 0.0301. The van der Waals surface area contributed by atoms with Crippen molar-refractivity contribution in [1.29, 1.82) is 0 Å². The number of fused-ring (bicyclic) bond motifs is 7. The Morgan fingerprint density at radius 1 is 0.575 bits per heavy atom. The molecule has 1 spiro atoms. The topological polar surface area (TPSA) is 19.0 Å². The zero-order chi connectivity index (χ0) is 28.3. The number of hydrogen-bond acceptors (Lipinski definition) is 4. The van der Waals surface area contributed by atoms with E-state index >= 15 is 0 Å². The third-order valence-electron chi connectivity index (χ3n) is 9.15. The summed E-state index contributed by atoms with van der Waals surface area (Å²) in [6, 6.07) is 21.3. The van der Waals surface area contributed by atoms with Gasteiger partial charge in [-0.05, 0) is 99.2 Å². The molecule has 0 N–H and O–H groups in total. The van der Waals surface area contributed by atoms with Crippen LogP contribution in [0.1, 0.15) is 89.5 Å². The smallest absolute Gasteiger partial charge is 0.145 e. The van der Waals surface area contributed by atoms with E-state index in [0.29, 0.717) is 6.61 Å². The van der Waals surface area contributed by atoms with Crippen LogP contribution >= 0.6 is 0 Å². The molecule has 0 saturated heterocycles. The molecule has 0 saturated carbocycles. The number of benzene rings is 3. The van der Waals surface area contributed by atoms with Crippen molar-refractivity contribution in [3.8, 4) is 11.1 Å². The number of nitrogens with zero attached hydrogens (tertiary/aromatic N) is 3. The minimum Gasteiger partial charge on any atom is -0.372 e. The Morgan fingerprint density at radius 2 is 1.02 bits per heavy atom. The molecule has 0 radical (unpaired) electrons. The molecule has 214 valence electrons. The molecule has 0 aromatic heterocycles. The fourth-order valence-corrected chi connectivity index (χ4v) is 6.86. The summed E-state index contributed by atoms with van der Waals surface area (Å²) in [5, 5.41) is 0. The Hall–Kier alpha value is -2.98. The maximum atomic E-state index is 6.98. The van der Waals surface area contributed by atoms with E-state index in [2.05, 4.69) is 111 Å². The van der Waals surface area contributed by atoms with Crippen molar-refractivity contribution in [3.05, 3.63) is 76.9 Å². The Bertz CT molecular complexity index is 1240. The van der Waals surface area contributed by atoms with Crippen molar-refractivity contribution < 1.29 is 4.74 Å². The second-order valence-electron chi connectivity index (χ2n) is 11.3. The molecule has 4 heteroatoms. The fourth-order valence-electron chi connectivity index (χ4n) is 6.86. The van der Waals surface area contributed by atoms with Gasteiger partial charge in [0.15, 0.2) is 0 Å². The van der Waals surface area contributed by atoms with Gasteiger partial charge < -0.3 is 19.4 Å². The van der Waals surface area contributed by atoms with Gasteiger partial charge in [0.1, 0.15) is 5.60 Å². The predicted octanol–water partition coefficient (Wildman–Crippen LogP) is 8.59. The highest BCUT2D eigenvalue weighted by Gasteiger charge is 2.50. The Labute approximate surface area is 242 Å². The van der Waals surface area contributed by atoms with E-state index in [1.807, 2.05) is 0 Å². The Balaban J connectivity index is 1.64. The van der Waals surface area contributed by atoms with Crippen LogP contribution in [0.5, 0.6) is 0 Å². The average Bonchev–Trinajstić information content (AvgIpc) is 3.50. The van der Waals surface area contributed by atoms with Crippen LogP contribution in [0.15, 0.2) is 54.6 Å². The van der Waals surface area contributed by atoms with Crippen molar-refractivity contribution in [2.75, 3.05) is 54.0 Å². The van der Waals surface area contributed by atoms with Crippen molar-refractivity contribution in [3.63, 3.8) is 0 Å². The molecule has 0 amide bonds. The molecule has 0 atom stereocenters. The second kappa shape index (κ2) is 12.3. The Kier molecular flexibility index (Phi) is 8.75. The third kappa shape index (κ3) is 4.79. The minimum atomic E-state index is -0.542. The van der Waals surface area contributed by atoms with Crippen LogP contribution in [0.25, 0.3) is 11.1 Å². The summed E-state index contributed by atoms with van der Waals surface area (Å²) in [6.07, 6.45) is 4.90. The van der Waals surface area contributed by atoms with E-state index < -0.39 is 5.60 Å². The summed E-state index contributed by atoms with van der Waals surface area (Å²) < 4.78 is 6.98. The zero-order valence-corrected chi connectivity index (χ0v) is 25.7. The number of hydrogen-bond donors (Lipinski definition) is 0.